The smallest absolute Gasteiger partial charge is 0.346 e. The van der Waals surface area contributed by atoms with Crippen molar-refractivity contribution in [2.75, 3.05) is 7.11 Å². The molecule has 1 unspecified atom stereocenters. The standard InChI is InChI=1S/C22H23N5O4/c1-13-10-16(15(3)26(13)19-11-14(2)31-25-19)12-23-27-20(28)22(4,24-21(27)29)17-6-8-18(30-5)9-7-17/h6-12H,1-5H3,(H,24,29). The van der Waals surface area contributed by atoms with Gasteiger partial charge in [0.05, 0.1) is 13.3 Å². The Morgan fingerprint density at radius 2 is 1.87 bits per heavy atom. The number of methoxy groups -OCH3 is 1. The lowest BCUT2D eigenvalue weighted by Crippen LogP contribution is -2.40. The van der Waals surface area contributed by atoms with Crippen molar-refractivity contribution in [3.8, 4) is 11.6 Å². The van der Waals surface area contributed by atoms with Gasteiger partial charge in [0.25, 0.3) is 5.91 Å². The molecule has 1 aromatic carbocycles. The van der Waals surface area contributed by atoms with Gasteiger partial charge in [-0.05, 0) is 51.5 Å². The fourth-order valence-corrected chi connectivity index (χ4v) is 3.70. The summed E-state index contributed by atoms with van der Waals surface area (Å²) in [5.74, 6) is 1.57. The Hall–Kier alpha value is -3.88. The lowest BCUT2D eigenvalue weighted by molar-refractivity contribution is -0.131. The summed E-state index contributed by atoms with van der Waals surface area (Å²) >= 11 is 0. The van der Waals surface area contributed by atoms with Crippen molar-refractivity contribution in [1.82, 2.24) is 20.0 Å². The molecule has 3 heterocycles. The first-order valence-electron chi connectivity index (χ1n) is 9.72. The van der Waals surface area contributed by atoms with E-state index in [4.69, 9.17) is 9.26 Å². The van der Waals surface area contributed by atoms with Gasteiger partial charge < -0.3 is 14.6 Å². The largest absolute Gasteiger partial charge is 0.497 e. The molecule has 1 atom stereocenters. The van der Waals surface area contributed by atoms with E-state index in [9.17, 15) is 9.59 Å². The summed E-state index contributed by atoms with van der Waals surface area (Å²) in [6.45, 7) is 7.32. The summed E-state index contributed by atoms with van der Waals surface area (Å²) in [5.41, 5.74) is 1.98. The molecule has 0 saturated carbocycles. The normalized spacial score (nSPS) is 18.8. The van der Waals surface area contributed by atoms with E-state index in [1.165, 1.54) is 6.21 Å². The number of carbonyl (C=O) groups excluding carboxylic acids is 2. The number of benzene rings is 1. The van der Waals surface area contributed by atoms with Crippen LogP contribution in [0.5, 0.6) is 5.75 Å². The van der Waals surface area contributed by atoms with E-state index in [0.717, 1.165) is 22.0 Å². The van der Waals surface area contributed by atoms with Gasteiger partial charge in [-0.15, -0.1) is 5.01 Å². The number of aromatic nitrogens is 2. The average Bonchev–Trinajstić information content (AvgIpc) is 3.36. The van der Waals surface area contributed by atoms with Crippen LogP contribution in [0.3, 0.4) is 0 Å². The maximum atomic E-state index is 13.1. The van der Waals surface area contributed by atoms with Gasteiger partial charge in [-0.1, -0.05) is 17.3 Å². The number of ether oxygens (including phenoxy) is 1. The molecule has 1 N–H and O–H groups in total. The molecule has 0 spiro atoms. The first-order valence-corrected chi connectivity index (χ1v) is 9.72. The Morgan fingerprint density at radius 3 is 2.48 bits per heavy atom. The van der Waals surface area contributed by atoms with Crippen LogP contribution < -0.4 is 10.1 Å². The van der Waals surface area contributed by atoms with Crippen LogP contribution in [-0.4, -0.2) is 40.0 Å². The molecule has 31 heavy (non-hydrogen) atoms. The SMILES string of the molecule is COc1ccc(C2(C)NC(=O)N(N=Cc3cc(C)n(-c4cc(C)on4)c3C)C2=O)cc1. The Kier molecular flexibility index (Phi) is 4.88. The molecule has 3 amide bonds. The lowest BCUT2D eigenvalue weighted by atomic mass is 9.92. The number of carbonyl (C=O) groups is 2. The lowest BCUT2D eigenvalue weighted by Gasteiger charge is -2.21. The van der Waals surface area contributed by atoms with Crippen LogP contribution in [-0.2, 0) is 10.3 Å². The predicted octanol–water partition coefficient (Wildman–Crippen LogP) is 3.20. The van der Waals surface area contributed by atoms with E-state index in [-0.39, 0.29) is 0 Å². The highest BCUT2D eigenvalue weighted by Crippen LogP contribution is 2.30. The van der Waals surface area contributed by atoms with Gasteiger partial charge in [-0.2, -0.15) is 5.10 Å². The molecule has 1 fully saturated rings. The fraction of sp³-hybridized carbons (Fsp3) is 0.273. The third-order valence-corrected chi connectivity index (χ3v) is 5.46. The summed E-state index contributed by atoms with van der Waals surface area (Å²) in [5, 5.41) is 11.8. The maximum absolute atomic E-state index is 13.1. The second kappa shape index (κ2) is 7.42. The van der Waals surface area contributed by atoms with Crippen molar-refractivity contribution in [1.29, 1.82) is 0 Å². The number of hydrogen-bond donors (Lipinski definition) is 1. The van der Waals surface area contributed by atoms with Gasteiger partial charge in [-0.25, -0.2) is 4.79 Å². The highest BCUT2D eigenvalue weighted by atomic mass is 16.5. The molecule has 1 aliphatic heterocycles. The minimum Gasteiger partial charge on any atom is -0.497 e. The molecule has 160 valence electrons. The van der Waals surface area contributed by atoms with E-state index in [2.05, 4.69) is 15.6 Å². The van der Waals surface area contributed by atoms with Crippen LogP contribution >= 0.6 is 0 Å². The van der Waals surface area contributed by atoms with Gasteiger partial charge >= 0.3 is 6.03 Å². The van der Waals surface area contributed by atoms with E-state index >= 15 is 0 Å². The third kappa shape index (κ3) is 3.37. The Morgan fingerprint density at radius 1 is 1.16 bits per heavy atom. The number of nitrogens with zero attached hydrogens (tertiary/aromatic N) is 4. The second-order valence-corrected chi connectivity index (χ2v) is 7.60. The number of imide groups is 1. The van der Waals surface area contributed by atoms with Crippen molar-refractivity contribution in [2.24, 2.45) is 5.10 Å². The van der Waals surface area contributed by atoms with Crippen LogP contribution in [0.25, 0.3) is 5.82 Å². The molecule has 2 aromatic heterocycles. The summed E-state index contributed by atoms with van der Waals surface area (Å²) in [4.78, 5) is 25.6. The zero-order valence-corrected chi connectivity index (χ0v) is 18.0. The van der Waals surface area contributed by atoms with Crippen molar-refractivity contribution in [3.63, 3.8) is 0 Å². The van der Waals surface area contributed by atoms with E-state index in [0.29, 0.717) is 22.9 Å². The molecule has 0 bridgehead atoms. The molecular weight excluding hydrogens is 398 g/mol. The molecule has 3 aromatic rings. The average molecular weight is 421 g/mol. The molecule has 0 radical (unpaired) electrons. The first kappa shape index (κ1) is 20.4. The molecule has 1 aliphatic rings. The molecule has 9 heteroatoms. The minimum atomic E-state index is -1.21. The van der Waals surface area contributed by atoms with Crippen molar-refractivity contribution in [3.05, 3.63) is 64.7 Å². The highest BCUT2D eigenvalue weighted by molar-refractivity contribution is 6.07. The van der Waals surface area contributed by atoms with Crippen molar-refractivity contribution in [2.45, 2.75) is 33.2 Å². The van der Waals surface area contributed by atoms with Gasteiger partial charge in [0.15, 0.2) is 5.82 Å². The topological polar surface area (TPSA) is 102 Å². The first-order chi connectivity index (χ1) is 14.7. The van der Waals surface area contributed by atoms with Crippen LogP contribution in [0.4, 0.5) is 4.79 Å². The number of rotatable bonds is 5. The summed E-state index contributed by atoms with van der Waals surface area (Å²) in [6, 6.07) is 10.1. The minimum absolute atomic E-state index is 0.458. The van der Waals surface area contributed by atoms with E-state index < -0.39 is 17.5 Å². The summed E-state index contributed by atoms with van der Waals surface area (Å²) in [6.07, 6.45) is 1.50. The molecule has 0 aliphatic carbocycles. The van der Waals surface area contributed by atoms with Crippen LogP contribution in [0.15, 0.2) is 46.0 Å². The summed E-state index contributed by atoms with van der Waals surface area (Å²) < 4.78 is 12.2. The fourth-order valence-electron chi connectivity index (χ4n) is 3.70. The van der Waals surface area contributed by atoms with Crippen molar-refractivity contribution >= 4 is 18.2 Å². The van der Waals surface area contributed by atoms with E-state index in [1.807, 2.05) is 37.5 Å². The van der Waals surface area contributed by atoms with Crippen LogP contribution in [0.1, 0.15) is 35.2 Å². The van der Waals surface area contributed by atoms with Gasteiger partial charge in [0.1, 0.15) is 17.0 Å². The molecule has 4 rings (SSSR count). The van der Waals surface area contributed by atoms with Crippen LogP contribution in [0.2, 0.25) is 0 Å². The third-order valence-electron chi connectivity index (χ3n) is 5.46. The second-order valence-electron chi connectivity index (χ2n) is 7.60. The quantitative estimate of drug-likeness (QED) is 0.503. The maximum Gasteiger partial charge on any atom is 0.346 e. The van der Waals surface area contributed by atoms with E-state index in [1.54, 1.807) is 38.3 Å². The Bertz CT molecular complexity index is 1190. The number of hydrazone groups is 1. The van der Waals surface area contributed by atoms with Crippen LogP contribution in [0, 0.1) is 20.8 Å². The Labute approximate surface area is 179 Å². The Balaban J connectivity index is 1.61. The van der Waals surface area contributed by atoms with Gasteiger partial charge in [-0.3, -0.25) is 9.36 Å². The highest BCUT2D eigenvalue weighted by Gasteiger charge is 2.49. The summed E-state index contributed by atoms with van der Waals surface area (Å²) in [7, 11) is 1.57. The van der Waals surface area contributed by atoms with Crippen molar-refractivity contribution < 1.29 is 18.8 Å². The number of aryl methyl sites for hydroxylation is 2. The molecular formula is C22H23N5O4. The number of urea groups is 1. The number of nitrogens with one attached hydrogen (secondary N) is 1. The number of amides is 3. The van der Waals surface area contributed by atoms with Gasteiger partial charge in [0.2, 0.25) is 0 Å². The molecule has 9 nitrogen and oxygen atoms in total. The zero-order valence-electron chi connectivity index (χ0n) is 18.0. The predicted molar refractivity (Wildman–Crippen MR) is 113 cm³/mol. The number of hydrogen-bond acceptors (Lipinski definition) is 6. The zero-order chi connectivity index (χ0) is 22.3. The van der Waals surface area contributed by atoms with Gasteiger partial charge in [0, 0.05) is 23.0 Å². The monoisotopic (exact) mass is 421 g/mol. The molecule has 1 saturated heterocycles.